The first-order valence-electron chi connectivity index (χ1n) is 7.62. The highest BCUT2D eigenvalue weighted by atomic mass is 16.3. The van der Waals surface area contributed by atoms with E-state index in [4.69, 9.17) is 0 Å². The van der Waals surface area contributed by atoms with Gasteiger partial charge in [0.25, 0.3) is 0 Å². The number of aliphatic hydroxyl groups excluding tert-OH is 1. The van der Waals surface area contributed by atoms with E-state index < -0.39 is 0 Å². The second-order valence-corrected chi connectivity index (χ2v) is 5.77. The van der Waals surface area contributed by atoms with Crippen molar-refractivity contribution in [2.75, 3.05) is 6.61 Å². The van der Waals surface area contributed by atoms with E-state index in [9.17, 15) is 9.90 Å². The third-order valence-corrected chi connectivity index (χ3v) is 4.32. The van der Waals surface area contributed by atoms with Crippen LogP contribution in [0.5, 0.6) is 0 Å². The SMILES string of the molecule is O=C(NC1CC=CC1)NC(CCO)C1CCCCC1. The molecule has 0 aromatic rings. The van der Waals surface area contributed by atoms with Crippen LogP contribution in [-0.2, 0) is 0 Å². The van der Waals surface area contributed by atoms with Gasteiger partial charge in [-0.2, -0.15) is 0 Å². The van der Waals surface area contributed by atoms with E-state index in [1.807, 2.05) is 0 Å². The molecule has 0 aromatic carbocycles. The van der Waals surface area contributed by atoms with Gasteiger partial charge in [0, 0.05) is 18.7 Å². The van der Waals surface area contributed by atoms with Crippen LogP contribution in [0.2, 0.25) is 0 Å². The zero-order valence-corrected chi connectivity index (χ0v) is 11.6. The van der Waals surface area contributed by atoms with Crippen LogP contribution in [-0.4, -0.2) is 29.8 Å². The monoisotopic (exact) mass is 266 g/mol. The van der Waals surface area contributed by atoms with Crippen molar-refractivity contribution in [1.82, 2.24) is 10.6 Å². The van der Waals surface area contributed by atoms with E-state index in [1.165, 1.54) is 32.1 Å². The zero-order chi connectivity index (χ0) is 13.5. The Bertz CT molecular complexity index is 303. The van der Waals surface area contributed by atoms with Crippen LogP contribution in [0.4, 0.5) is 4.79 Å². The summed E-state index contributed by atoms with van der Waals surface area (Å²) in [6.07, 6.45) is 12.9. The molecule has 1 unspecified atom stereocenters. The average Bonchev–Trinajstić information content (AvgIpc) is 2.92. The molecule has 2 amide bonds. The van der Waals surface area contributed by atoms with Crippen molar-refractivity contribution in [2.45, 2.75) is 63.5 Å². The van der Waals surface area contributed by atoms with Gasteiger partial charge in [-0.15, -0.1) is 0 Å². The summed E-state index contributed by atoms with van der Waals surface area (Å²) >= 11 is 0. The Morgan fingerprint density at radius 2 is 1.89 bits per heavy atom. The van der Waals surface area contributed by atoms with Gasteiger partial charge >= 0.3 is 6.03 Å². The maximum atomic E-state index is 12.0. The Labute approximate surface area is 115 Å². The standard InChI is InChI=1S/C15H26N2O2/c18-11-10-14(12-6-2-1-3-7-12)17-15(19)16-13-8-4-5-9-13/h4-5,12-14,18H,1-3,6-11H2,(H2,16,17,19). The first-order chi connectivity index (χ1) is 9.29. The first-order valence-corrected chi connectivity index (χ1v) is 7.62. The molecule has 1 fully saturated rings. The van der Waals surface area contributed by atoms with Gasteiger partial charge in [0.2, 0.25) is 0 Å². The molecule has 1 atom stereocenters. The molecule has 108 valence electrons. The molecule has 4 heteroatoms. The van der Waals surface area contributed by atoms with Crippen LogP contribution in [0.15, 0.2) is 12.2 Å². The lowest BCUT2D eigenvalue weighted by atomic mass is 9.83. The highest BCUT2D eigenvalue weighted by Gasteiger charge is 2.25. The summed E-state index contributed by atoms with van der Waals surface area (Å²) in [5.41, 5.74) is 0. The second kappa shape index (κ2) is 7.53. The van der Waals surface area contributed by atoms with Crippen LogP contribution in [0.1, 0.15) is 51.4 Å². The minimum absolute atomic E-state index is 0.0716. The fraction of sp³-hybridized carbons (Fsp3) is 0.800. The maximum Gasteiger partial charge on any atom is 0.315 e. The smallest absolute Gasteiger partial charge is 0.315 e. The Kier molecular flexibility index (Phi) is 5.70. The van der Waals surface area contributed by atoms with Crippen molar-refractivity contribution in [1.29, 1.82) is 0 Å². The Morgan fingerprint density at radius 1 is 1.21 bits per heavy atom. The lowest BCUT2D eigenvalue weighted by molar-refractivity contribution is 0.195. The molecule has 2 aliphatic rings. The van der Waals surface area contributed by atoms with E-state index in [0.29, 0.717) is 12.3 Å². The zero-order valence-electron chi connectivity index (χ0n) is 11.6. The molecular formula is C15H26N2O2. The van der Waals surface area contributed by atoms with Gasteiger partial charge < -0.3 is 15.7 Å². The van der Waals surface area contributed by atoms with Crippen molar-refractivity contribution < 1.29 is 9.90 Å². The van der Waals surface area contributed by atoms with E-state index in [0.717, 1.165) is 12.8 Å². The molecule has 19 heavy (non-hydrogen) atoms. The molecule has 0 radical (unpaired) electrons. The number of carbonyl (C=O) groups excluding carboxylic acids is 1. The highest BCUT2D eigenvalue weighted by molar-refractivity contribution is 5.74. The van der Waals surface area contributed by atoms with E-state index in [1.54, 1.807) is 0 Å². The Balaban J connectivity index is 1.79. The molecule has 0 bridgehead atoms. The first kappa shape index (κ1) is 14.4. The van der Waals surface area contributed by atoms with Crippen LogP contribution in [0, 0.1) is 5.92 Å². The third-order valence-electron chi connectivity index (χ3n) is 4.32. The quantitative estimate of drug-likeness (QED) is 0.669. The van der Waals surface area contributed by atoms with Crippen molar-refractivity contribution in [3.63, 3.8) is 0 Å². The molecule has 0 heterocycles. The van der Waals surface area contributed by atoms with Crippen LogP contribution in [0.3, 0.4) is 0 Å². The van der Waals surface area contributed by atoms with Gasteiger partial charge in [-0.05, 0) is 38.0 Å². The third kappa shape index (κ3) is 4.53. The number of urea groups is 1. The van der Waals surface area contributed by atoms with E-state index in [2.05, 4.69) is 22.8 Å². The van der Waals surface area contributed by atoms with Crippen LogP contribution < -0.4 is 10.6 Å². The Morgan fingerprint density at radius 3 is 2.53 bits per heavy atom. The topological polar surface area (TPSA) is 61.4 Å². The predicted octanol–water partition coefficient (Wildman–Crippen LogP) is 2.34. The van der Waals surface area contributed by atoms with Gasteiger partial charge in [0.05, 0.1) is 0 Å². The molecule has 0 aliphatic heterocycles. The number of amides is 2. The number of hydrogen-bond donors (Lipinski definition) is 3. The number of aliphatic hydroxyl groups is 1. The summed E-state index contributed by atoms with van der Waals surface area (Å²) in [6, 6.07) is 0.304. The van der Waals surface area contributed by atoms with Gasteiger partial charge in [0.15, 0.2) is 0 Å². The molecule has 0 aromatic heterocycles. The molecule has 0 saturated heterocycles. The Hall–Kier alpha value is -1.03. The molecule has 0 spiro atoms. The highest BCUT2D eigenvalue weighted by Crippen LogP contribution is 2.27. The number of carbonyl (C=O) groups is 1. The average molecular weight is 266 g/mol. The number of nitrogens with one attached hydrogen (secondary N) is 2. The molecule has 4 nitrogen and oxygen atoms in total. The predicted molar refractivity (Wildman–Crippen MR) is 75.9 cm³/mol. The van der Waals surface area contributed by atoms with Crippen LogP contribution in [0.25, 0.3) is 0 Å². The maximum absolute atomic E-state index is 12.0. The van der Waals surface area contributed by atoms with Crippen molar-refractivity contribution in [3.05, 3.63) is 12.2 Å². The molecular weight excluding hydrogens is 240 g/mol. The van der Waals surface area contributed by atoms with Crippen molar-refractivity contribution >= 4 is 6.03 Å². The largest absolute Gasteiger partial charge is 0.396 e. The minimum Gasteiger partial charge on any atom is -0.396 e. The molecule has 2 aliphatic carbocycles. The minimum atomic E-state index is -0.0716. The lowest BCUT2D eigenvalue weighted by Crippen LogP contribution is -2.48. The second-order valence-electron chi connectivity index (χ2n) is 5.77. The summed E-state index contributed by atoms with van der Waals surface area (Å²) in [5.74, 6) is 0.536. The van der Waals surface area contributed by atoms with Crippen molar-refractivity contribution in [2.24, 2.45) is 5.92 Å². The summed E-state index contributed by atoms with van der Waals surface area (Å²) in [7, 11) is 0. The van der Waals surface area contributed by atoms with Gasteiger partial charge in [-0.1, -0.05) is 31.4 Å². The summed E-state index contributed by atoms with van der Waals surface area (Å²) < 4.78 is 0. The summed E-state index contributed by atoms with van der Waals surface area (Å²) in [6.45, 7) is 0.145. The molecule has 2 rings (SSSR count). The van der Waals surface area contributed by atoms with Crippen molar-refractivity contribution in [3.8, 4) is 0 Å². The number of hydrogen-bond acceptors (Lipinski definition) is 2. The summed E-state index contributed by atoms with van der Waals surface area (Å²) in [5, 5.41) is 15.3. The van der Waals surface area contributed by atoms with Gasteiger partial charge in [0.1, 0.15) is 0 Å². The summed E-state index contributed by atoms with van der Waals surface area (Å²) in [4.78, 5) is 12.0. The van der Waals surface area contributed by atoms with Gasteiger partial charge in [-0.3, -0.25) is 0 Å². The van der Waals surface area contributed by atoms with Gasteiger partial charge in [-0.25, -0.2) is 4.79 Å². The van der Waals surface area contributed by atoms with E-state index in [-0.39, 0.29) is 24.7 Å². The van der Waals surface area contributed by atoms with Crippen LogP contribution >= 0.6 is 0 Å². The number of rotatable bonds is 5. The normalized spacial score (nSPS) is 22.4. The fourth-order valence-electron chi connectivity index (χ4n) is 3.23. The molecule has 1 saturated carbocycles. The lowest BCUT2D eigenvalue weighted by Gasteiger charge is -2.31. The fourth-order valence-corrected chi connectivity index (χ4v) is 3.23. The molecule has 3 N–H and O–H groups in total. The van der Waals surface area contributed by atoms with E-state index >= 15 is 0 Å².